The molecule has 2 rings (SSSR count). The molecular formula is C9H13BrN4O2. The summed E-state index contributed by atoms with van der Waals surface area (Å²) in [5.41, 5.74) is 2.37. The quantitative estimate of drug-likeness (QED) is 0.637. The van der Waals surface area contributed by atoms with E-state index in [1.807, 2.05) is 0 Å². The summed E-state index contributed by atoms with van der Waals surface area (Å²) in [6.07, 6.45) is 3.88. The third-order valence-corrected chi connectivity index (χ3v) is 2.81. The van der Waals surface area contributed by atoms with Crippen molar-refractivity contribution in [2.45, 2.75) is 18.9 Å². The minimum Gasteiger partial charge on any atom is -0.474 e. The van der Waals surface area contributed by atoms with Crippen LogP contribution in [0.3, 0.4) is 0 Å². The van der Waals surface area contributed by atoms with Gasteiger partial charge in [0.25, 0.3) is 0 Å². The highest BCUT2D eigenvalue weighted by Crippen LogP contribution is 2.23. The van der Waals surface area contributed by atoms with E-state index in [1.54, 1.807) is 6.20 Å². The van der Waals surface area contributed by atoms with Crippen LogP contribution in [0.2, 0.25) is 0 Å². The lowest BCUT2D eigenvalue weighted by Gasteiger charge is -2.12. The number of aromatic nitrogens is 2. The van der Waals surface area contributed by atoms with Gasteiger partial charge in [-0.05, 0) is 28.8 Å². The third kappa shape index (κ3) is 2.81. The Morgan fingerprint density at radius 3 is 3.25 bits per heavy atom. The molecule has 1 unspecified atom stereocenters. The number of ether oxygens (including phenoxy) is 2. The van der Waals surface area contributed by atoms with Gasteiger partial charge in [0.1, 0.15) is 6.61 Å². The number of rotatable bonds is 4. The van der Waals surface area contributed by atoms with E-state index in [1.165, 1.54) is 0 Å². The summed E-state index contributed by atoms with van der Waals surface area (Å²) >= 11 is 3.31. The maximum atomic E-state index is 5.54. The Balaban J connectivity index is 1.96. The molecule has 7 heteroatoms. The Kier molecular flexibility index (Phi) is 3.92. The summed E-state index contributed by atoms with van der Waals surface area (Å²) in [4.78, 5) is 8.01. The predicted molar refractivity (Wildman–Crippen MR) is 62.0 cm³/mol. The molecule has 0 amide bonds. The maximum Gasteiger partial charge on any atom is 0.240 e. The number of anilines is 1. The van der Waals surface area contributed by atoms with Gasteiger partial charge in [0.15, 0.2) is 0 Å². The Hall–Kier alpha value is -0.920. The number of hydrogen-bond donors (Lipinski definition) is 2. The number of halogens is 1. The zero-order chi connectivity index (χ0) is 11.4. The van der Waals surface area contributed by atoms with Crippen LogP contribution in [0.5, 0.6) is 5.88 Å². The summed E-state index contributed by atoms with van der Waals surface area (Å²) in [5, 5.41) is 0. The zero-order valence-electron chi connectivity index (χ0n) is 8.65. The largest absolute Gasteiger partial charge is 0.474 e. The Morgan fingerprint density at radius 1 is 1.69 bits per heavy atom. The Labute approximate surface area is 102 Å². The molecule has 2 heterocycles. The number of hydrazine groups is 1. The van der Waals surface area contributed by atoms with E-state index in [9.17, 15) is 0 Å². The van der Waals surface area contributed by atoms with Crippen LogP contribution in [0.4, 0.5) is 5.95 Å². The van der Waals surface area contributed by atoms with Crippen molar-refractivity contribution in [3.8, 4) is 5.88 Å². The topological polar surface area (TPSA) is 82.3 Å². The molecule has 0 aliphatic carbocycles. The minimum atomic E-state index is 0.163. The Bertz CT molecular complexity index is 357. The van der Waals surface area contributed by atoms with Crippen molar-refractivity contribution in [3.63, 3.8) is 0 Å². The number of nitrogens with two attached hydrogens (primary N) is 1. The SMILES string of the molecule is NNc1ncc(Br)c(OCC2CCCO2)n1. The lowest BCUT2D eigenvalue weighted by molar-refractivity contribution is 0.0660. The first-order chi connectivity index (χ1) is 7.79. The van der Waals surface area contributed by atoms with Gasteiger partial charge in [-0.15, -0.1) is 0 Å². The molecular weight excluding hydrogens is 276 g/mol. The van der Waals surface area contributed by atoms with E-state index in [0.717, 1.165) is 19.4 Å². The molecule has 16 heavy (non-hydrogen) atoms. The monoisotopic (exact) mass is 288 g/mol. The maximum absolute atomic E-state index is 5.54. The van der Waals surface area contributed by atoms with Gasteiger partial charge in [-0.25, -0.2) is 10.8 Å². The molecule has 1 atom stereocenters. The van der Waals surface area contributed by atoms with Crippen LogP contribution in [0.25, 0.3) is 0 Å². The fraction of sp³-hybridized carbons (Fsp3) is 0.556. The average molecular weight is 289 g/mol. The highest BCUT2D eigenvalue weighted by molar-refractivity contribution is 9.10. The van der Waals surface area contributed by atoms with Crippen LogP contribution < -0.4 is 16.0 Å². The van der Waals surface area contributed by atoms with Gasteiger partial charge in [-0.3, -0.25) is 5.43 Å². The third-order valence-electron chi connectivity index (χ3n) is 2.27. The van der Waals surface area contributed by atoms with Gasteiger partial charge < -0.3 is 9.47 Å². The lowest BCUT2D eigenvalue weighted by Crippen LogP contribution is -2.18. The molecule has 0 aromatic carbocycles. The van der Waals surface area contributed by atoms with Gasteiger partial charge in [0.05, 0.1) is 16.8 Å². The molecule has 6 nitrogen and oxygen atoms in total. The molecule has 0 saturated carbocycles. The van der Waals surface area contributed by atoms with Crippen molar-refractivity contribution in [2.24, 2.45) is 5.84 Å². The van der Waals surface area contributed by atoms with E-state index < -0.39 is 0 Å². The van der Waals surface area contributed by atoms with Crippen molar-refractivity contribution in [1.82, 2.24) is 9.97 Å². The summed E-state index contributed by atoms with van der Waals surface area (Å²) in [6, 6.07) is 0. The lowest BCUT2D eigenvalue weighted by atomic mass is 10.2. The van der Waals surface area contributed by atoms with Crippen molar-refractivity contribution in [3.05, 3.63) is 10.7 Å². The van der Waals surface area contributed by atoms with Crippen molar-refractivity contribution >= 4 is 21.9 Å². The molecule has 1 aromatic rings. The van der Waals surface area contributed by atoms with Crippen LogP contribution in [0.15, 0.2) is 10.7 Å². The number of hydrogen-bond acceptors (Lipinski definition) is 6. The Morgan fingerprint density at radius 2 is 2.56 bits per heavy atom. The zero-order valence-corrected chi connectivity index (χ0v) is 10.2. The second-order valence-electron chi connectivity index (χ2n) is 3.44. The second-order valence-corrected chi connectivity index (χ2v) is 4.29. The first-order valence-electron chi connectivity index (χ1n) is 5.03. The molecule has 1 aliphatic heterocycles. The van der Waals surface area contributed by atoms with Gasteiger partial charge in [0.2, 0.25) is 11.8 Å². The second kappa shape index (κ2) is 5.42. The van der Waals surface area contributed by atoms with Crippen molar-refractivity contribution in [1.29, 1.82) is 0 Å². The molecule has 3 N–H and O–H groups in total. The molecule has 1 saturated heterocycles. The molecule has 1 fully saturated rings. The number of nitrogens with one attached hydrogen (secondary N) is 1. The smallest absolute Gasteiger partial charge is 0.240 e. The molecule has 1 aromatic heterocycles. The van der Waals surface area contributed by atoms with Gasteiger partial charge in [-0.1, -0.05) is 0 Å². The van der Waals surface area contributed by atoms with Crippen molar-refractivity contribution in [2.75, 3.05) is 18.6 Å². The van der Waals surface area contributed by atoms with E-state index in [-0.39, 0.29) is 6.10 Å². The fourth-order valence-corrected chi connectivity index (χ4v) is 1.78. The summed E-state index contributed by atoms with van der Waals surface area (Å²) in [5.74, 6) is 6.01. The van der Waals surface area contributed by atoms with Crippen LogP contribution in [-0.4, -0.2) is 29.3 Å². The van der Waals surface area contributed by atoms with E-state index in [0.29, 0.717) is 22.9 Å². The number of nitrogens with zero attached hydrogens (tertiary/aromatic N) is 2. The van der Waals surface area contributed by atoms with Gasteiger partial charge >= 0.3 is 0 Å². The molecule has 0 bridgehead atoms. The highest BCUT2D eigenvalue weighted by atomic mass is 79.9. The first kappa shape index (κ1) is 11.6. The standard InChI is InChI=1S/C9H13BrN4O2/c10-7-4-12-9(14-11)13-8(7)16-5-6-2-1-3-15-6/h4,6H,1-3,5,11H2,(H,12,13,14). The van der Waals surface area contributed by atoms with Gasteiger partial charge in [0, 0.05) is 6.61 Å². The molecule has 88 valence electrons. The highest BCUT2D eigenvalue weighted by Gasteiger charge is 2.17. The summed E-state index contributed by atoms with van der Waals surface area (Å²) in [7, 11) is 0. The minimum absolute atomic E-state index is 0.163. The summed E-state index contributed by atoms with van der Waals surface area (Å²) in [6.45, 7) is 1.31. The van der Waals surface area contributed by atoms with Gasteiger partial charge in [-0.2, -0.15) is 4.98 Å². The molecule has 0 radical (unpaired) electrons. The van der Waals surface area contributed by atoms with Crippen LogP contribution in [0.1, 0.15) is 12.8 Å². The molecule has 0 spiro atoms. The van der Waals surface area contributed by atoms with Crippen LogP contribution in [-0.2, 0) is 4.74 Å². The van der Waals surface area contributed by atoms with E-state index in [2.05, 4.69) is 31.3 Å². The van der Waals surface area contributed by atoms with Crippen molar-refractivity contribution < 1.29 is 9.47 Å². The molecule has 1 aliphatic rings. The van der Waals surface area contributed by atoms with E-state index >= 15 is 0 Å². The van der Waals surface area contributed by atoms with E-state index in [4.69, 9.17) is 15.3 Å². The van der Waals surface area contributed by atoms with Crippen LogP contribution in [0, 0.1) is 0 Å². The average Bonchev–Trinajstić information content (AvgIpc) is 2.81. The summed E-state index contributed by atoms with van der Waals surface area (Å²) < 4.78 is 11.7. The normalized spacial score (nSPS) is 19.8. The fourth-order valence-electron chi connectivity index (χ4n) is 1.47. The van der Waals surface area contributed by atoms with Crippen LogP contribution >= 0.6 is 15.9 Å². The predicted octanol–water partition coefficient (Wildman–Crippen LogP) is 1.08. The first-order valence-corrected chi connectivity index (χ1v) is 5.82. The number of nitrogen functional groups attached to an aromatic ring is 1.